The molecule has 0 radical (unpaired) electrons. The number of hydrogen-bond donors (Lipinski definition) is 2. The fourth-order valence-electron chi connectivity index (χ4n) is 5.38. The molecular formula is C30H36Cl3NO10Si. The average molecular weight is 705 g/mol. The van der Waals surface area contributed by atoms with E-state index in [-0.39, 0.29) is 6.61 Å². The van der Waals surface area contributed by atoms with E-state index in [0.29, 0.717) is 0 Å². The Kier molecular flexibility index (Phi) is 11.7. The number of hydrogen-bond acceptors (Lipinski definition) is 10. The van der Waals surface area contributed by atoms with Crippen LogP contribution in [0, 0.1) is 0 Å². The normalized spacial score (nSPS) is 23.9. The molecular weight excluding hydrogens is 669 g/mol. The third-order valence-electron chi connectivity index (χ3n) is 7.03. The number of amides is 1. The first-order valence-electron chi connectivity index (χ1n) is 13.9. The molecule has 1 amide bonds. The molecule has 1 aliphatic heterocycles. The molecule has 0 saturated carbocycles. The highest BCUT2D eigenvalue weighted by molar-refractivity contribution is 6.99. The third kappa shape index (κ3) is 8.56. The summed E-state index contributed by atoms with van der Waals surface area (Å²) in [6.07, 6.45) is -6.63. The summed E-state index contributed by atoms with van der Waals surface area (Å²) in [6.45, 7) is 8.87. The van der Waals surface area contributed by atoms with E-state index in [0.717, 1.165) is 31.1 Å². The molecule has 1 fully saturated rings. The SMILES string of the molecule is CC(=O)O[C@@H]1[C@H](OC(C)=O)[C@@H](OC(C)=O)[C@](O)(NC(=O)C(Cl)(Cl)Cl)O[C@@H]1CO[Si](c1ccccc1)(c1ccccc1)C(C)(C)C. The van der Waals surface area contributed by atoms with Crippen molar-refractivity contribution in [3.63, 3.8) is 0 Å². The Morgan fingerprint density at radius 2 is 1.27 bits per heavy atom. The number of halogens is 3. The van der Waals surface area contributed by atoms with Crippen LogP contribution in [0.3, 0.4) is 0 Å². The van der Waals surface area contributed by atoms with Crippen LogP contribution in [0.1, 0.15) is 41.5 Å². The zero-order valence-corrected chi connectivity index (χ0v) is 28.8. The van der Waals surface area contributed by atoms with E-state index >= 15 is 0 Å². The molecule has 246 valence electrons. The number of esters is 3. The lowest BCUT2D eigenvalue weighted by Gasteiger charge is -2.50. The molecule has 2 aromatic carbocycles. The van der Waals surface area contributed by atoms with Gasteiger partial charge in [0.2, 0.25) is 6.10 Å². The summed E-state index contributed by atoms with van der Waals surface area (Å²) in [4.78, 5) is 49.6. The van der Waals surface area contributed by atoms with Crippen molar-refractivity contribution in [2.24, 2.45) is 0 Å². The maximum atomic E-state index is 12.8. The van der Waals surface area contributed by atoms with Crippen molar-refractivity contribution in [3.8, 4) is 0 Å². The molecule has 0 spiro atoms. The first-order chi connectivity index (χ1) is 20.8. The summed E-state index contributed by atoms with van der Waals surface area (Å²) in [5.41, 5.74) is 0. The van der Waals surface area contributed by atoms with Crippen molar-refractivity contribution in [1.29, 1.82) is 0 Å². The topological polar surface area (TPSA) is 147 Å². The van der Waals surface area contributed by atoms with Crippen molar-refractivity contribution in [1.82, 2.24) is 5.32 Å². The zero-order valence-electron chi connectivity index (χ0n) is 25.5. The Hall–Kier alpha value is -2.71. The van der Waals surface area contributed by atoms with E-state index in [4.69, 9.17) is 58.2 Å². The quantitative estimate of drug-likeness (QED) is 0.131. The van der Waals surface area contributed by atoms with Crippen LogP contribution in [0.4, 0.5) is 0 Å². The minimum absolute atomic E-state index is 0.373. The van der Waals surface area contributed by atoms with Crippen molar-refractivity contribution in [2.75, 3.05) is 6.61 Å². The predicted octanol–water partition coefficient (Wildman–Crippen LogP) is 2.89. The summed E-state index contributed by atoms with van der Waals surface area (Å²) in [5.74, 6) is -6.98. The summed E-state index contributed by atoms with van der Waals surface area (Å²) < 4.78 is 26.6. The summed E-state index contributed by atoms with van der Waals surface area (Å²) in [6, 6.07) is 19.1. The number of carbonyl (C=O) groups excluding carboxylic acids is 4. The van der Waals surface area contributed by atoms with Gasteiger partial charge in [-0.2, -0.15) is 0 Å². The first-order valence-corrected chi connectivity index (χ1v) is 16.9. The number of rotatable bonds is 9. The molecule has 0 aliphatic carbocycles. The molecule has 15 heteroatoms. The van der Waals surface area contributed by atoms with Gasteiger partial charge in [0.25, 0.3) is 23.9 Å². The number of benzene rings is 2. The van der Waals surface area contributed by atoms with Crippen LogP contribution in [0.2, 0.25) is 5.04 Å². The standard InChI is InChI=1S/C30H36Cl3NO10Si/c1-18(35)41-24-23(17-40-45(28(4,5)6,21-13-9-7-10-14-21)22-15-11-8-12-16-22)44-30(39,34-27(38)29(31,32)33)26(43-20(3)37)25(24)42-19(2)36/h7-16,23-26,39H,17H2,1-6H3,(H,34,38)/t23-,24+,25+,26-,30-/m1/s1. The van der Waals surface area contributed by atoms with Crippen LogP contribution in [-0.2, 0) is 42.6 Å². The van der Waals surface area contributed by atoms with Crippen molar-refractivity contribution >= 4 is 77.3 Å². The summed E-state index contributed by atoms with van der Waals surface area (Å²) in [5, 5.41) is 15.1. The Morgan fingerprint density at radius 1 is 0.822 bits per heavy atom. The Balaban J connectivity index is 2.21. The highest BCUT2D eigenvalue weighted by Gasteiger charge is 2.62. The minimum Gasteiger partial charge on any atom is -0.456 e. The number of nitrogens with one attached hydrogen (secondary N) is 1. The Labute approximate surface area is 277 Å². The smallest absolute Gasteiger partial charge is 0.303 e. The molecule has 1 aliphatic rings. The molecule has 0 bridgehead atoms. The summed E-state index contributed by atoms with van der Waals surface area (Å²) >= 11 is 17.3. The van der Waals surface area contributed by atoms with Gasteiger partial charge in [0.1, 0.15) is 6.10 Å². The van der Waals surface area contributed by atoms with E-state index in [1.807, 2.05) is 86.8 Å². The maximum Gasteiger partial charge on any atom is 0.303 e. The molecule has 2 N–H and O–H groups in total. The molecule has 1 saturated heterocycles. The van der Waals surface area contributed by atoms with E-state index in [1.54, 1.807) is 0 Å². The van der Waals surface area contributed by atoms with E-state index < -0.39 is 71.3 Å². The number of ether oxygens (including phenoxy) is 4. The number of aliphatic hydroxyl groups is 1. The number of alkyl halides is 3. The van der Waals surface area contributed by atoms with Crippen LogP contribution < -0.4 is 15.7 Å². The van der Waals surface area contributed by atoms with Gasteiger partial charge in [-0.05, 0) is 15.4 Å². The van der Waals surface area contributed by atoms with Crippen LogP contribution in [0.5, 0.6) is 0 Å². The summed E-state index contributed by atoms with van der Waals surface area (Å²) in [7, 11) is -3.25. The second-order valence-electron chi connectivity index (χ2n) is 11.5. The predicted molar refractivity (Wildman–Crippen MR) is 168 cm³/mol. The second-order valence-corrected chi connectivity index (χ2v) is 18.0. The van der Waals surface area contributed by atoms with Crippen molar-refractivity contribution in [2.45, 2.75) is 80.7 Å². The first kappa shape index (κ1) is 36.8. The molecule has 3 rings (SSSR count). The van der Waals surface area contributed by atoms with Gasteiger partial charge in [-0.15, -0.1) is 0 Å². The van der Waals surface area contributed by atoms with Gasteiger partial charge in [-0.25, -0.2) is 0 Å². The minimum atomic E-state index is -3.25. The van der Waals surface area contributed by atoms with Gasteiger partial charge in [0, 0.05) is 20.8 Å². The van der Waals surface area contributed by atoms with Gasteiger partial charge in [-0.3, -0.25) is 24.5 Å². The molecule has 11 nitrogen and oxygen atoms in total. The van der Waals surface area contributed by atoms with Crippen LogP contribution in [0.25, 0.3) is 0 Å². The molecule has 5 atom stereocenters. The molecule has 1 heterocycles. The highest BCUT2D eigenvalue weighted by atomic mass is 35.6. The lowest BCUT2D eigenvalue weighted by molar-refractivity contribution is -0.359. The van der Waals surface area contributed by atoms with Gasteiger partial charge >= 0.3 is 17.9 Å². The van der Waals surface area contributed by atoms with Gasteiger partial charge in [0.15, 0.2) is 12.2 Å². The fraction of sp³-hybridized carbons (Fsp3) is 0.467. The second kappa shape index (κ2) is 14.4. The third-order valence-corrected chi connectivity index (χ3v) is 12.6. The lowest BCUT2D eigenvalue weighted by atomic mass is 9.95. The van der Waals surface area contributed by atoms with E-state index in [9.17, 15) is 24.3 Å². The van der Waals surface area contributed by atoms with E-state index in [1.165, 1.54) is 0 Å². The maximum absolute atomic E-state index is 12.8. The Morgan fingerprint density at radius 3 is 1.67 bits per heavy atom. The van der Waals surface area contributed by atoms with Crippen LogP contribution in [-0.4, -0.2) is 78.0 Å². The van der Waals surface area contributed by atoms with Crippen molar-refractivity contribution < 1.29 is 47.7 Å². The Bertz CT molecular complexity index is 1330. The highest BCUT2D eigenvalue weighted by Crippen LogP contribution is 2.39. The van der Waals surface area contributed by atoms with Gasteiger partial charge in [-0.1, -0.05) is 116 Å². The van der Waals surface area contributed by atoms with Crippen LogP contribution in [0.15, 0.2) is 60.7 Å². The van der Waals surface area contributed by atoms with Crippen molar-refractivity contribution in [3.05, 3.63) is 60.7 Å². The lowest BCUT2D eigenvalue weighted by Crippen LogP contribution is -2.75. The molecule has 0 unspecified atom stereocenters. The molecule has 2 aromatic rings. The van der Waals surface area contributed by atoms with Gasteiger partial charge < -0.3 is 28.5 Å². The largest absolute Gasteiger partial charge is 0.456 e. The number of carbonyl (C=O) groups is 4. The zero-order chi connectivity index (χ0) is 33.8. The monoisotopic (exact) mass is 703 g/mol. The van der Waals surface area contributed by atoms with E-state index in [2.05, 4.69) is 0 Å². The molecule has 45 heavy (non-hydrogen) atoms. The fourth-order valence-corrected chi connectivity index (χ4v) is 10.1. The van der Waals surface area contributed by atoms with Gasteiger partial charge in [0.05, 0.1) is 6.61 Å². The molecule has 0 aromatic heterocycles. The van der Waals surface area contributed by atoms with Crippen LogP contribution >= 0.6 is 34.8 Å². The average Bonchev–Trinajstić information content (AvgIpc) is 2.92.